The largest absolute Gasteiger partial charge is 0.366 e. The average molecular weight is 243 g/mol. The number of nitrogens with zero attached hydrogens (tertiary/aromatic N) is 3. The van der Waals surface area contributed by atoms with Crippen LogP contribution in [0.2, 0.25) is 0 Å². The van der Waals surface area contributed by atoms with Crippen molar-refractivity contribution in [3.63, 3.8) is 0 Å². The number of hydrogen-bond donors (Lipinski definition) is 1. The van der Waals surface area contributed by atoms with Crippen LogP contribution in [0, 0.1) is 0 Å². The fourth-order valence-electron chi connectivity index (χ4n) is 0.890. The van der Waals surface area contributed by atoms with Crippen LogP contribution >= 0.6 is 15.9 Å². The van der Waals surface area contributed by atoms with Gasteiger partial charge in [-0.3, -0.25) is 0 Å². The molecular formula is C8H11BrN4. The van der Waals surface area contributed by atoms with E-state index in [-0.39, 0.29) is 5.95 Å². The molecule has 0 spiro atoms. The van der Waals surface area contributed by atoms with Gasteiger partial charge in [-0.25, -0.2) is 4.52 Å². The lowest BCUT2D eigenvalue weighted by atomic mass is 10.5. The van der Waals surface area contributed by atoms with Gasteiger partial charge in [0.05, 0.1) is 0 Å². The summed E-state index contributed by atoms with van der Waals surface area (Å²) in [4.78, 5) is 3.97. The first-order chi connectivity index (χ1) is 6.27. The summed E-state index contributed by atoms with van der Waals surface area (Å²) in [5.74, 6) is 0.289. The monoisotopic (exact) mass is 242 g/mol. The molecular weight excluding hydrogens is 232 g/mol. The number of halogens is 1. The Labute approximate surface area is 84.9 Å². The Morgan fingerprint density at radius 1 is 1.38 bits per heavy atom. The Balaban J connectivity index is 0.000000396. The van der Waals surface area contributed by atoms with Crippen molar-refractivity contribution in [2.24, 2.45) is 0 Å². The number of pyridine rings is 1. The molecule has 13 heavy (non-hydrogen) atoms. The highest BCUT2D eigenvalue weighted by Crippen LogP contribution is 2.11. The predicted molar refractivity (Wildman–Crippen MR) is 56.4 cm³/mol. The van der Waals surface area contributed by atoms with Crippen molar-refractivity contribution in [3.8, 4) is 0 Å². The first-order valence-corrected chi connectivity index (χ1v) is 4.83. The summed E-state index contributed by atoms with van der Waals surface area (Å²) in [6.45, 7) is 4.00. The minimum absolute atomic E-state index is 0.289. The summed E-state index contributed by atoms with van der Waals surface area (Å²) in [7, 11) is 0. The van der Waals surface area contributed by atoms with Crippen molar-refractivity contribution >= 4 is 27.5 Å². The lowest BCUT2D eigenvalue weighted by Crippen LogP contribution is -1.90. The normalized spacial score (nSPS) is 9.46. The van der Waals surface area contributed by atoms with Crippen LogP contribution in [0.15, 0.2) is 22.8 Å². The molecule has 4 nitrogen and oxygen atoms in total. The van der Waals surface area contributed by atoms with Gasteiger partial charge in [-0.15, -0.1) is 5.10 Å². The highest BCUT2D eigenvalue weighted by Gasteiger charge is 2.00. The van der Waals surface area contributed by atoms with Crippen molar-refractivity contribution in [2.45, 2.75) is 13.8 Å². The molecule has 2 heterocycles. The van der Waals surface area contributed by atoms with Crippen LogP contribution in [0.1, 0.15) is 13.8 Å². The van der Waals surface area contributed by atoms with Crippen LogP contribution in [0.3, 0.4) is 0 Å². The standard InChI is InChI=1S/C6H5BrN4.C2H6/c7-4-2-1-3-5-9-6(8)10-11(4)5;1-2/h1-3H,(H2,8,10);1-2H3. The maximum absolute atomic E-state index is 5.40. The summed E-state index contributed by atoms with van der Waals surface area (Å²) in [6, 6.07) is 5.60. The third-order valence-corrected chi connectivity index (χ3v) is 1.93. The van der Waals surface area contributed by atoms with E-state index in [9.17, 15) is 0 Å². The Bertz CT molecular complexity index is 396. The van der Waals surface area contributed by atoms with E-state index in [0.717, 1.165) is 10.3 Å². The van der Waals surface area contributed by atoms with Crippen LogP contribution in [0.4, 0.5) is 5.95 Å². The number of fused-ring (bicyclic) bond motifs is 1. The fourth-order valence-corrected chi connectivity index (χ4v) is 1.30. The maximum Gasteiger partial charge on any atom is 0.240 e. The number of aromatic nitrogens is 3. The molecule has 0 aliphatic heterocycles. The predicted octanol–water partition coefficient (Wildman–Crippen LogP) is 2.10. The fraction of sp³-hybridized carbons (Fsp3) is 0.250. The van der Waals surface area contributed by atoms with E-state index in [0.29, 0.717) is 0 Å². The molecule has 0 radical (unpaired) electrons. The molecule has 0 bridgehead atoms. The summed E-state index contributed by atoms with van der Waals surface area (Å²) in [5.41, 5.74) is 6.14. The number of nitrogens with two attached hydrogens (primary N) is 1. The first-order valence-electron chi connectivity index (χ1n) is 4.04. The van der Waals surface area contributed by atoms with Gasteiger partial charge in [0.1, 0.15) is 4.60 Å². The van der Waals surface area contributed by atoms with Crippen LogP contribution in [0.5, 0.6) is 0 Å². The molecule has 2 rings (SSSR count). The first kappa shape index (κ1) is 9.98. The molecule has 5 heteroatoms. The quantitative estimate of drug-likeness (QED) is 0.721. The van der Waals surface area contributed by atoms with E-state index in [4.69, 9.17) is 5.73 Å². The molecule has 2 aromatic rings. The number of nitrogen functional groups attached to an aromatic ring is 1. The van der Waals surface area contributed by atoms with Gasteiger partial charge in [0.2, 0.25) is 5.95 Å². The van der Waals surface area contributed by atoms with Gasteiger partial charge in [-0.05, 0) is 28.1 Å². The highest BCUT2D eigenvalue weighted by atomic mass is 79.9. The minimum atomic E-state index is 0.289. The molecule has 70 valence electrons. The maximum atomic E-state index is 5.40. The topological polar surface area (TPSA) is 56.2 Å². The smallest absolute Gasteiger partial charge is 0.240 e. The Morgan fingerprint density at radius 3 is 2.69 bits per heavy atom. The van der Waals surface area contributed by atoms with E-state index < -0.39 is 0 Å². The molecule has 0 aromatic carbocycles. The van der Waals surface area contributed by atoms with Gasteiger partial charge >= 0.3 is 0 Å². The van der Waals surface area contributed by atoms with E-state index in [1.165, 1.54) is 0 Å². The third kappa shape index (κ3) is 1.98. The molecule has 0 atom stereocenters. The van der Waals surface area contributed by atoms with Gasteiger partial charge in [0.25, 0.3) is 0 Å². The third-order valence-electron chi connectivity index (χ3n) is 1.33. The second-order valence-electron chi connectivity index (χ2n) is 2.09. The Kier molecular flexibility index (Phi) is 3.25. The minimum Gasteiger partial charge on any atom is -0.366 e. The summed E-state index contributed by atoms with van der Waals surface area (Å²) in [6.07, 6.45) is 0. The molecule has 0 fully saturated rings. The van der Waals surface area contributed by atoms with Crippen LogP contribution in [0.25, 0.3) is 5.65 Å². The number of anilines is 1. The van der Waals surface area contributed by atoms with Crippen molar-refractivity contribution in [1.82, 2.24) is 14.6 Å². The van der Waals surface area contributed by atoms with Crippen molar-refractivity contribution in [3.05, 3.63) is 22.8 Å². The second kappa shape index (κ2) is 4.23. The van der Waals surface area contributed by atoms with Crippen molar-refractivity contribution in [2.75, 3.05) is 5.73 Å². The van der Waals surface area contributed by atoms with Gasteiger partial charge in [0, 0.05) is 0 Å². The molecule has 0 amide bonds. The van der Waals surface area contributed by atoms with E-state index in [1.807, 2.05) is 32.0 Å². The van der Waals surface area contributed by atoms with Crippen molar-refractivity contribution < 1.29 is 0 Å². The van der Waals surface area contributed by atoms with Crippen LogP contribution < -0.4 is 5.73 Å². The molecule has 0 aliphatic rings. The molecule has 0 aliphatic carbocycles. The molecule has 2 aromatic heterocycles. The van der Waals surface area contributed by atoms with Gasteiger partial charge < -0.3 is 5.73 Å². The van der Waals surface area contributed by atoms with E-state index >= 15 is 0 Å². The lowest BCUT2D eigenvalue weighted by molar-refractivity contribution is 0.942. The van der Waals surface area contributed by atoms with E-state index in [1.54, 1.807) is 4.52 Å². The molecule has 0 saturated carbocycles. The SMILES string of the molecule is CC.Nc1nc2cccc(Br)n2n1. The van der Waals surface area contributed by atoms with Crippen LogP contribution in [-0.4, -0.2) is 14.6 Å². The summed E-state index contributed by atoms with van der Waals surface area (Å²) >= 11 is 3.32. The van der Waals surface area contributed by atoms with Gasteiger partial charge in [-0.2, -0.15) is 4.98 Å². The lowest BCUT2D eigenvalue weighted by Gasteiger charge is -1.91. The zero-order chi connectivity index (χ0) is 9.84. The van der Waals surface area contributed by atoms with Crippen LogP contribution in [-0.2, 0) is 0 Å². The zero-order valence-corrected chi connectivity index (χ0v) is 9.12. The second-order valence-corrected chi connectivity index (χ2v) is 2.90. The molecule has 2 N–H and O–H groups in total. The van der Waals surface area contributed by atoms with Gasteiger partial charge in [-0.1, -0.05) is 19.9 Å². The number of hydrogen-bond acceptors (Lipinski definition) is 3. The van der Waals surface area contributed by atoms with E-state index in [2.05, 4.69) is 26.0 Å². The average Bonchev–Trinajstić information content (AvgIpc) is 2.51. The number of rotatable bonds is 0. The summed E-state index contributed by atoms with van der Waals surface area (Å²) in [5, 5.41) is 3.95. The zero-order valence-electron chi connectivity index (χ0n) is 7.53. The van der Waals surface area contributed by atoms with Gasteiger partial charge in [0.15, 0.2) is 5.65 Å². The van der Waals surface area contributed by atoms with Crippen molar-refractivity contribution in [1.29, 1.82) is 0 Å². The Hall–Kier alpha value is -1.10. The molecule has 0 saturated heterocycles. The Morgan fingerprint density at radius 2 is 2.08 bits per heavy atom. The molecule has 0 unspecified atom stereocenters. The summed E-state index contributed by atoms with van der Waals surface area (Å²) < 4.78 is 2.48. The highest BCUT2D eigenvalue weighted by molar-refractivity contribution is 9.10.